The summed E-state index contributed by atoms with van der Waals surface area (Å²) in [6, 6.07) is 11.4. The summed E-state index contributed by atoms with van der Waals surface area (Å²) in [7, 11) is -1.03. The maximum Gasteiger partial charge on any atom is 0.119 e. The molecule has 1 aromatic carbocycles. The number of benzene rings is 1. The molecule has 5 heteroatoms. The molecule has 1 aliphatic rings. The predicted molar refractivity (Wildman–Crippen MR) is 102 cm³/mol. The predicted octanol–water partition coefficient (Wildman–Crippen LogP) is 5.50. The van der Waals surface area contributed by atoms with Gasteiger partial charge < -0.3 is 9.64 Å². The molecule has 0 fully saturated rings. The fourth-order valence-corrected chi connectivity index (χ4v) is 3.60. The largest absolute Gasteiger partial charge is 0.361 e. The quantitative estimate of drug-likeness (QED) is 0.355. The zero-order valence-electron chi connectivity index (χ0n) is 13.4. The first-order valence-corrected chi connectivity index (χ1v) is 12.4. The molecule has 1 heterocycles. The standard InChI is InChI=1S/C17H23BrClNOSi/c1-22(2,3)10-9-21-13-20-12-15(16(19)17(20)18)11-14-7-5-4-6-8-14/h4-8,11H,9-10,12-13H2,1-3H3/b15-11-. The summed E-state index contributed by atoms with van der Waals surface area (Å²) in [5.41, 5.74) is 2.28. The molecule has 1 aliphatic heterocycles. The van der Waals surface area contributed by atoms with E-state index in [0.717, 1.165) is 33.9 Å². The molecule has 1 aromatic rings. The third-order valence-corrected chi connectivity index (χ3v) is 6.74. The third kappa shape index (κ3) is 5.27. The molecule has 0 saturated heterocycles. The Balaban J connectivity index is 1.93. The Morgan fingerprint density at radius 2 is 1.95 bits per heavy atom. The molecule has 0 unspecified atom stereocenters. The van der Waals surface area contributed by atoms with Gasteiger partial charge in [0.15, 0.2) is 0 Å². The van der Waals surface area contributed by atoms with Crippen molar-refractivity contribution in [3.05, 3.63) is 51.1 Å². The van der Waals surface area contributed by atoms with Crippen LogP contribution in [0.3, 0.4) is 0 Å². The monoisotopic (exact) mass is 399 g/mol. The molecule has 0 bridgehead atoms. The number of hydrogen-bond donors (Lipinski definition) is 0. The van der Waals surface area contributed by atoms with Gasteiger partial charge in [-0.1, -0.05) is 61.6 Å². The maximum absolute atomic E-state index is 6.43. The van der Waals surface area contributed by atoms with Crippen LogP contribution in [0.4, 0.5) is 0 Å². The third-order valence-electron chi connectivity index (χ3n) is 3.49. The molecule has 0 aromatic heterocycles. The lowest BCUT2D eigenvalue weighted by atomic mass is 10.1. The lowest BCUT2D eigenvalue weighted by Crippen LogP contribution is -2.25. The minimum absolute atomic E-state index is 0.577. The van der Waals surface area contributed by atoms with Crippen LogP contribution in [0, 0.1) is 0 Å². The van der Waals surface area contributed by atoms with Gasteiger partial charge >= 0.3 is 0 Å². The minimum atomic E-state index is -1.03. The van der Waals surface area contributed by atoms with E-state index in [1.807, 2.05) is 18.2 Å². The van der Waals surface area contributed by atoms with Crippen molar-refractivity contribution in [2.75, 3.05) is 19.9 Å². The highest BCUT2D eigenvalue weighted by molar-refractivity contribution is 9.11. The van der Waals surface area contributed by atoms with E-state index >= 15 is 0 Å². The zero-order valence-corrected chi connectivity index (χ0v) is 16.7. The van der Waals surface area contributed by atoms with Crippen molar-refractivity contribution in [3.8, 4) is 0 Å². The second-order valence-electron chi connectivity index (χ2n) is 6.73. The first kappa shape index (κ1) is 17.8. The zero-order chi connectivity index (χ0) is 16.2. The number of hydrogen-bond acceptors (Lipinski definition) is 2. The second-order valence-corrected chi connectivity index (χ2v) is 13.5. The number of halogens is 2. The highest BCUT2D eigenvalue weighted by atomic mass is 79.9. The Bertz CT molecular complexity index is 566. The van der Waals surface area contributed by atoms with E-state index in [1.54, 1.807) is 0 Å². The van der Waals surface area contributed by atoms with Crippen LogP contribution in [-0.4, -0.2) is 32.9 Å². The lowest BCUT2D eigenvalue weighted by Gasteiger charge is -2.20. The smallest absolute Gasteiger partial charge is 0.119 e. The van der Waals surface area contributed by atoms with Gasteiger partial charge in [-0.2, -0.15) is 0 Å². The van der Waals surface area contributed by atoms with Gasteiger partial charge in [0.05, 0.1) is 5.03 Å². The average Bonchev–Trinajstić information content (AvgIpc) is 2.72. The van der Waals surface area contributed by atoms with Crippen molar-refractivity contribution in [2.45, 2.75) is 25.7 Å². The fraction of sp³-hybridized carbons (Fsp3) is 0.412. The first-order chi connectivity index (χ1) is 10.4. The van der Waals surface area contributed by atoms with Crippen molar-refractivity contribution in [2.24, 2.45) is 0 Å². The Morgan fingerprint density at radius 1 is 1.27 bits per heavy atom. The molecular weight excluding hydrogens is 378 g/mol. The van der Waals surface area contributed by atoms with Gasteiger partial charge in [0, 0.05) is 21.2 Å². The van der Waals surface area contributed by atoms with E-state index in [1.165, 1.54) is 6.04 Å². The highest BCUT2D eigenvalue weighted by Gasteiger charge is 2.24. The van der Waals surface area contributed by atoms with E-state index in [4.69, 9.17) is 16.3 Å². The molecule has 0 saturated carbocycles. The molecule has 0 radical (unpaired) electrons. The van der Waals surface area contributed by atoms with Gasteiger partial charge in [0.25, 0.3) is 0 Å². The summed E-state index contributed by atoms with van der Waals surface area (Å²) in [6.45, 7) is 9.26. The van der Waals surface area contributed by atoms with Crippen LogP contribution in [0.1, 0.15) is 5.56 Å². The molecule has 0 N–H and O–H groups in total. The summed E-state index contributed by atoms with van der Waals surface area (Å²) in [5.74, 6) is 0. The summed E-state index contributed by atoms with van der Waals surface area (Å²) >= 11 is 10.0. The average molecular weight is 401 g/mol. The Morgan fingerprint density at radius 3 is 2.59 bits per heavy atom. The molecule has 120 valence electrons. The normalized spacial score (nSPS) is 17.7. The lowest BCUT2D eigenvalue weighted by molar-refractivity contribution is 0.0682. The van der Waals surface area contributed by atoms with Crippen LogP contribution in [-0.2, 0) is 4.74 Å². The minimum Gasteiger partial charge on any atom is -0.361 e. The second kappa shape index (κ2) is 7.82. The van der Waals surface area contributed by atoms with Crippen molar-refractivity contribution in [3.63, 3.8) is 0 Å². The molecule has 0 aliphatic carbocycles. The Hall–Kier alpha value is -0.553. The van der Waals surface area contributed by atoms with Crippen LogP contribution >= 0.6 is 27.5 Å². The van der Waals surface area contributed by atoms with E-state index in [9.17, 15) is 0 Å². The van der Waals surface area contributed by atoms with Crippen LogP contribution in [0.2, 0.25) is 25.7 Å². The van der Waals surface area contributed by atoms with Crippen molar-refractivity contribution < 1.29 is 4.74 Å². The van der Waals surface area contributed by atoms with E-state index in [-0.39, 0.29) is 0 Å². The molecule has 0 amide bonds. The van der Waals surface area contributed by atoms with Crippen molar-refractivity contribution >= 4 is 41.7 Å². The Labute approximate surface area is 147 Å². The van der Waals surface area contributed by atoms with E-state index in [2.05, 4.69) is 58.7 Å². The van der Waals surface area contributed by atoms with Crippen molar-refractivity contribution in [1.82, 2.24) is 4.90 Å². The fourth-order valence-electron chi connectivity index (χ4n) is 2.13. The molecule has 0 atom stereocenters. The number of rotatable bonds is 6. The molecule has 0 spiro atoms. The van der Waals surface area contributed by atoms with Crippen LogP contribution in [0.25, 0.3) is 6.08 Å². The first-order valence-electron chi connectivity index (χ1n) is 7.51. The van der Waals surface area contributed by atoms with Crippen LogP contribution in [0.5, 0.6) is 0 Å². The topological polar surface area (TPSA) is 12.5 Å². The van der Waals surface area contributed by atoms with Gasteiger partial charge in [-0.3, -0.25) is 0 Å². The van der Waals surface area contributed by atoms with Gasteiger partial charge in [0.1, 0.15) is 11.3 Å². The van der Waals surface area contributed by atoms with Crippen LogP contribution < -0.4 is 0 Å². The number of ether oxygens (including phenoxy) is 1. The van der Waals surface area contributed by atoms with E-state index in [0.29, 0.717) is 6.73 Å². The van der Waals surface area contributed by atoms with Crippen molar-refractivity contribution in [1.29, 1.82) is 0 Å². The Kier molecular flexibility index (Phi) is 6.32. The summed E-state index contributed by atoms with van der Waals surface area (Å²) < 4.78 is 6.74. The van der Waals surface area contributed by atoms with Gasteiger partial charge in [-0.15, -0.1) is 0 Å². The molecule has 2 rings (SSSR count). The maximum atomic E-state index is 6.43. The SMILES string of the molecule is C[Si](C)(C)CCOCN1C/C(=C/c2ccccc2)C(Cl)=C1Br. The summed E-state index contributed by atoms with van der Waals surface area (Å²) in [5, 5.41) is 0.776. The number of nitrogens with zero attached hydrogens (tertiary/aromatic N) is 1. The van der Waals surface area contributed by atoms with Gasteiger partial charge in [-0.05, 0) is 39.2 Å². The molecule has 22 heavy (non-hydrogen) atoms. The highest BCUT2D eigenvalue weighted by Crippen LogP contribution is 2.35. The summed E-state index contributed by atoms with van der Waals surface area (Å²) in [6.07, 6.45) is 2.13. The van der Waals surface area contributed by atoms with Gasteiger partial charge in [-0.25, -0.2) is 0 Å². The molecule has 2 nitrogen and oxygen atoms in total. The summed E-state index contributed by atoms with van der Waals surface area (Å²) in [4.78, 5) is 2.13. The molecular formula is C17H23BrClNOSi. The van der Waals surface area contributed by atoms with E-state index < -0.39 is 8.07 Å². The van der Waals surface area contributed by atoms with Gasteiger partial charge in [0.2, 0.25) is 0 Å². The van der Waals surface area contributed by atoms with Crippen LogP contribution in [0.15, 0.2) is 45.5 Å².